The topological polar surface area (TPSA) is 0 Å². The van der Waals surface area contributed by atoms with Crippen molar-refractivity contribution in [1.82, 2.24) is 0 Å². The molecule has 0 amide bonds. The van der Waals surface area contributed by atoms with Crippen molar-refractivity contribution in [3.8, 4) is 0 Å². The van der Waals surface area contributed by atoms with Crippen molar-refractivity contribution >= 4 is 6.08 Å². The van der Waals surface area contributed by atoms with Gasteiger partial charge in [0.05, 0.1) is 0 Å². The molecule has 0 N–H and O–H groups in total. The summed E-state index contributed by atoms with van der Waals surface area (Å²) in [5.41, 5.74) is 5.32. The first-order valence-electron chi connectivity index (χ1n) is 8.69. The van der Waals surface area contributed by atoms with Crippen LogP contribution in [-0.4, -0.2) is 6.43 Å². The van der Waals surface area contributed by atoms with Crippen LogP contribution in [0.2, 0.25) is 0 Å². The van der Waals surface area contributed by atoms with Crippen LogP contribution in [0.15, 0.2) is 43.0 Å². The highest BCUT2D eigenvalue weighted by Crippen LogP contribution is 2.25. The van der Waals surface area contributed by atoms with Gasteiger partial charge in [-0.2, -0.15) is 0 Å². The maximum absolute atomic E-state index is 14.1. The van der Waals surface area contributed by atoms with Gasteiger partial charge in [0, 0.05) is 6.42 Å². The van der Waals surface area contributed by atoms with E-state index < -0.39 is 12.6 Å². The van der Waals surface area contributed by atoms with Crippen LogP contribution in [0.4, 0.5) is 13.2 Å². The number of rotatable bonds is 8. The standard InChI is InChI=1S/C22H25F3/c1-4-16-8-15(3)9-17(10-16)6-7-18-11-19(14-22(24)25)13-20(12-18)21(23)5-2/h4,8-13,21-22H,1,5-7,14H2,2-3H3. The molecule has 134 valence electrons. The predicted octanol–water partition coefficient (Wildman–Crippen LogP) is 6.65. The Morgan fingerprint density at radius 2 is 1.56 bits per heavy atom. The molecule has 0 aliphatic heterocycles. The maximum atomic E-state index is 14.1. The minimum absolute atomic E-state index is 0.331. The third kappa shape index (κ3) is 5.77. The van der Waals surface area contributed by atoms with Gasteiger partial charge in [-0.1, -0.05) is 61.5 Å². The largest absolute Gasteiger partial charge is 0.242 e. The summed E-state index contributed by atoms with van der Waals surface area (Å²) >= 11 is 0. The lowest BCUT2D eigenvalue weighted by molar-refractivity contribution is 0.149. The third-order valence-electron chi connectivity index (χ3n) is 4.28. The van der Waals surface area contributed by atoms with Crippen molar-refractivity contribution in [3.63, 3.8) is 0 Å². The van der Waals surface area contributed by atoms with Gasteiger partial charge in [0.2, 0.25) is 6.43 Å². The minimum atomic E-state index is -2.42. The first-order chi connectivity index (χ1) is 11.9. The molecule has 0 aromatic heterocycles. The van der Waals surface area contributed by atoms with Crippen LogP contribution in [0.25, 0.3) is 6.08 Å². The first-order valence-corrected chi connectivity index (χ1v) is 8.69. The lowest BCUT2D eigenvalue weighted by atomic mass is 9.95. The van der Waals surface area contributed by atoms with E-state index in [1.165, 1.54) is 5.56 Å². The molecule has 2 aromatic rings. The average Bonchev–Trinajstić information content (AvgIpc) is 2.58. The van der Waals surface area contributed by atoms with Crippen molar-refractivity contribution < 1.29 is 13.2 Å². The quantitative estimate of drug-likeness (QED) is 0.502. The number of hydrogen-bond donors (Lipinski definition) is 0. The van der Waals surface area contributed by atoms with Gasteiger partial charge in [-0.15, -0.1) is 0 Å². The number of halogens is 3. The summed E-state index contributed by atoms with van der Waals surface area (Å²) in [7, 11) is 0. The summed E-state index contributed by atoms with van der Waals surface area (Å²) in [5, 5.41) is 0. The molecule has 2 rings (SSSR count). The number of alkyl halides is 3. The molecule has 1 atom stereocenters. The van der Waals surface area contributed by atoms with E-state index in [1.54, 1.807) is 19.1 Å². The molecule has 0 aliphatic carbocycles. The molecule has 0 radical (unpaired) electrons. The molecule has 0 aliphatic rings. The number of hydrogen-bond acceptors (Lipinski definition) is 0. The molecule has 2 aromatic carbocycles. The third-order valence-corrected chi connectivity index (χ3v) is 4.28. The predicted molar refractivity (Wildman–Crippen MR) is 99.0 cm³/mol. The van der Waals surface area contributed by atoms with Gasteiger partial charge >= 0.3 is 0 Å². The summed E-state index contributed by atoms with van der Waals surface area (Å²) in [6.07, 6.45) is -0.228. The molecule has 0 saturated carbocycles. The zero-order valence-corrected chi connectivity index (χ0v) is 14.9. The number of aryl methyl sites for hydroxylation is 3. The summed E-state index contributed by atoms with van der Waals surface area (Å²) < 4.78 is 39.6. The van der Waals surface area contributed by atoms with Crippen LogP contribution in [0.5, 0.6) is 0 Å². The van der Waals surface area contributed by atoms with E-state index in [-0.39, 0.29) is 6.42 Å². The maximum Gasteiger partial charge on any atom is 0.242 e. The normalized spacial score (nSPS) is 12.4. The Balaban J connectivity index is 2.22. The van der Waals surface area contributed by atoms with Crippen LogP contribution in [-0.2, 0) is 19.3 Å². The Morgan fingerprint density at radius 1 is 0.920 bits per heavy atom. The van der Waals surface area contributed by atoms with Gasteiger partial charge in [-0.25, -0.2) is 13.2 Å². The second-order valence-electron chi connectivity index (χ2n) is 6.51. The summed E-state index contributed by atoms with van der Waals surface area (Å²) in [6.45, 7) is 7.59. The Morgan fingerprint density at radius 3 is 2.16 bits per heavy atom. The van der Waals surface area contributed by atoms with Crippen LogP contribution >= 0.6 is 0 Å². The lowest BCUT2D eigenvalue weighted by Gasteiger charge is -2.13. The van der Waals surface area contributed by atoms with E-state index in [0.29, 0.717) is 24.0 Å². The second kappa shape index (κ2) is 8.89. The fraction of sp³-hybridized carbons (Fsp3) is 0.364. The van der Waals surface area contributed by atoms with Crippen molar-refractivity contribution in [3.05, 3.63) is 76.4 Å². The second-order valence-corrected chi connectivity index (χ2v) is 6.51. The Kier molecular flexibility index (Phi) is 6.86. The smallest absolute Gasteiger partial charge is 0.242 e. The van der Waals surface area contributed by atoms with Crippen LogP contribution in [0.1, 0.15) is 52.9 Å². The highest BCUT2D eigenvalue weighted by Gasteiger charge is 2.13. The summed E-state index contributed by atoms with van der Waals surface area (Å²) in [6, 6.07) is 11.4. The molecule has 1 unspecified atom stereocenters. The Bertz CT molecular complexity index is 719. The van der Waals surface area contributed by atoms with E-state index in [0.717, 1.165) is 23.1 Å². The monoisotopic (exact) mass is 346 g/mol. The highest BCUT2D eigenvalue weighted by atomic mass is 19.3. The number of benzene rings is 2. The highest BCUT2D eigenvalue weighted by molar-refractivity contribution is 5.50. The van der Waals surface area contributed by atoms with Crippen LogP contribution < -0.4 is 0 Å². The summed E-state index contributed by atoms with van der Waals surface area (Å²) in [4.78, 5) is 0. The van der Waals surface area contributed by atoms with Gasteiger partial charge in [0.25, 0.3) is 0 Å². The first kappa shape index (κ1) is 19.3. The van der Waals surface area contributed by atoms with Crippen LogP contribution in [0, 0.1) is 6.92 Å². The van der Waals surface area contributed by atoms with Crippen molar-refractivity contribution in [2.45, 2.75) is 52.1 Å². The van der Waals surface area contributed by atoms with Crippen molar-refractivity contribution in [2.24, 2.45) is 0 Å². The van der Waals surface area contributed by atoms with Crippen LogP contribution in [0.3, 0.4) is 0 Å². The zero-order chi connectivity index (χ0) is 18.4. The average molecular weight is 346 g/mol. The van der Waals surface area contributed by atoms with Gasteiger partial charge in [0.15, 0.2) is 0 Å². The van der Waals surface area contributed by atoms with Gasteiger partial charge in [-0.3, -0.25) is 0 Å². The molecular formula is C22H25F3. The minimum Gasteiger partial charge on any atom is -0.242 e. The molecule has 0 spiro atoms. The Hall–Kier alpha value is -2.03. The molecule has 0 fully saturated rings. The molecule has 3 heteroatoms. The molecule has 0 nitrogen and oxygen atoms in total. The molecule has 0 bridgehead atoms. The van der Waals surface area contributed by atoms with E-state index in [1.807, 2.05) is 19.1 Å². The van der Waals surface area contributed by atoms with E-state index >= 15 is 0 Å². The van der Waals surface area contributed by atoms with Crippen molar-refractivity contribution in [2.75, 3.05) is 0 Å². The van der Waals surface area contributed by atoms with Gasteiger partial charge in [-0.05, 0) is 54.0 Å². The molecular weight excluding hydrogens is 321 g/mol. The van der Waals surface area contributed by atoms with E-state index in [4.69, 9.17) is 0 Å². The zero-order valence-electron chi connectivity index (χ0n) is 14.9. The molecule has 0 heterocycles. The SMILES string of the molecule is C=Cc1cc(C)cc(CCc2cc(CC(F)F)cc(C(F)CC)c2)c1. The van der Waals surface area contributed by atoms with E-state index in [9.17, 15) is 13.2 Å². The molecule has 0 saturated heterocycles. The summed E-state index contributed by atoms with van der Waals surface area (Å²) in [5.74, 6) is 0. The van der Waals surface area contributed by atoms with Crippen molar-refractivity contribution in [1.29, 1.82) is 0 Å². The fourth-order valence-corrected chi connectivity index (χ4v) is 3.09. The fourth-order valence-electron chi connectivity index (χ4n) is 3.09. The van der Waals surface area contributed by atoms with Gasteiger partial charge in [0.1, 0.15) is 6.17 Å². The lowest BCUT2D eigenvalue weighted by Crippen LogP contribution is -2.02. The molecule has 25 heavy (non-hydrogen) atoms. The van der Waals surface area contributed by atoms with E-state index in [2.05, 4.69) is 24.8 Å². The van der Waals surface area contributed by atoms with Gasteiger partial charge < -0.3 is 0 Å². The Labute approximate surface area is 148 Å².